The Bertz CT molecular complexity index is 192. The molecule has 0 spiro atoms. The number of piperidine rings is 1. The normalized spacial score (nSPS) is 32.1. The van der Waals surface area contributed by atoms with Gasteiger partial charge in [0.05, 0.1) is 12.7 Å². The standard InChI is InChI=1S/C13H26N2O/c14-11-12-5-4-6-13(12)16-10-9-15-7-2-1-3-8-15/h12-13H,1-11,14H2. The Morgan fingerprint density at radius 2 is 1.88 bits per heavy atom. The first-order valence-electron chi connectivity index (χ1n) is 6.94. The van der Waals surface area contributed by atoms with Crippen LogP contribution in [0.1, 0.15) is 38.5 Å². The zero-order valence-corrected chi connectivity index (χ0v) is 10.4. The summed E-state index contributed by atoms with van der Waals surface area (Å²) in [7, 11) is 0. The lowest BCUT2D eigenvalue weighted by atomic mass is 10.1. The highest BCUT2D eigenvalue weighted by Crippen LogP contribution is 2.27. The van der Waals surface area contributed by atoms with Crippen LogP contribution in [0.2, 0.25) is 0 Å². The molecule has 16 heavy (non-hydrogen) atoms. The minimum Gasteiger partial charge on any atom is -0.377 e. The lowest BCUT2D eigenvalue weighted by Gasteiger charge is -2.27. The molecule has 2 N–H and O–H groups in total. The van der Waals surface area contributed by atoms with E-state index in [0.717, 1.165) is 19.7 Å². The third kappa shape index (κ3) is 3.44. The van der Waals surface area contributed by atoms with Crippen LogP contribution in [0.15, 0.2) is 0 Å². The van der Waals surface area contributed by atoms with E-state index in [4.69, 9.17) is 10.5 Å². The fourth-order valence-electron chi connectivity index (χ4n) is 3.01. The molecule has 1 saturated heterocycles. The molecule has 2 fully saturated rings. The quantitative estimate of drug-likeness (QED) is 0.774. The van der Waals surface area contributed by atoms with Crippen molar-refractivity contribution in [3.63, 3.8) is 0 Å². The van der Waals surface area contributed by atoms with E-state index in [1.165, 1.54) is 51.6 Å². The number of likely N-dealkylation sites (tertiary alicyclic amines) is 1. The van der Waals surface area contributed by atoms with Crippen LogP contribution in [0.4, 0.5) is 0 Å². The van der Waals surface area contributed by atoms with Gasteiger partial charge in [0.25, 0.3) is 0 Å². The molecule has 94 valence electrons. The highest BCUT2D eigenvalue weighted by atomic mass is 16.5. The van der Waals surface area contributed by atoms with Crippen molar-refractivity contribution in [3.8, 4) is 0 Å². The SMILES string of the molecule is NCC1CCCC1OCCN1CCCCC1. The summed E-state index contributed by atoms with van der Waals surface area (Å²) < 4.78 is 5.99. The third-order valence-corrected chi connectivity index (χ3v) is 4.08. The predicted molar refractivity (Wildman–Crippen MR) is 66.4 cm³/mol. The van der Waals surface area contributed by atoms with Gasteiger partial charge in [-0.05, 0) is 51.2 Å². The van der Waals surface area contributed by atoms with Gasteiger partial charge in [0.1, 0.15) is 0 Å². The van der Waals surface area contributed by atoms with Gasteiger partial charge in [-0.3, -0.25) is 0 Å². The summed E-state index contributed by atoms with van der Waals surface area (Å²) >= 11 is 0. The van der Waals surface area contributed by atoms with E-state index in [-0.39, 0.29) is 0 Å². The molecule has 0 bridgehead atoms. The van der Waals surface area contributed by atoms with E-state index in [0.29, 0.717) is 12.0 Å². The molecule has 0 aromatic carbocycles. The van der Waals surface area contributed by atoms with Crippen LogP contribution >= 0.6 is 0 Å². The predicted octanol–water partition coefficient (Wildman–Crippen LogP) is 1.62. The maximum absolute atomic E-state index is 5.99. The van der Waals surface area contributed by atoms with Gasteiger partial charge in [-0.2, -0.15) is 0 Å². The molecule has 3 heteroatoms. The number of hydrogen-bond acceptors (Lipinski definition) is 3. The largest absolute Gasteiger partial charge is 0.377 e. The highest BCUT2D eigenvalue weighted by Gasteiger charge is 2.26. The molecule has 0 aromatic rings. The number of ether oxygens (including phenoxy) is 1. The van der Waals surface area contributed by atoms with Crippen molar-refractivity contribution in [1.29, 1.82) is 0 Å². The number of hydrogen-bond donors (Lipinski definition) is 1. The van der Waals surface area contributed by atoms with Crippen LogP contribution in [0.5, 0.6) is 0 Å². The van der Waals surface area contributed by atoms with Crippen LogP contribution < -0.4 is 5.73 Å². The molecule has 3 nitrogen and oxygen atoms in total. The Morgan fingerprint density at radius 3 is 2.62 bits per heavy atom. The average Bonchev–Trinajstić information content (AvgIpc) is 2.78. The van der Waals surface area contributed by atoms with Crippen molar-refractivity contribution in [2.45, 2.75) is 44.6 Å². The molecule has 1 heterocycles. The topological polar surface area (TPSA) is 38.5 Å². The molecule has 1 aliphatic heterocycles. The summed E-state index contributed by atoms with van der Waals surface area (Å²) in [5.41, 5.74) is 5.75. The van der Waals surface area contributed by atoms with Crippen molar-refractivity contribution in [2.24, 2.45) is 11.7 Å². The van der Waals surface area contributed by atoms with E-state index in [1.807, 2.05) is 0 Å². The first-order valence-corrected chi connectivity index (χ1v) is 6.94. The third-order valence-electron chi connectivity index (χ3n) is 4.08. The highest BCUT2D eigenvalue weighted by molar-refractivity contribution is 4.78. The molecule has 0 amide bonds. The van der Waals surface area contributed by atoms with Gasteiger partial charge in [0.2, 0.25) is 0 Å². The Morgan fingerprint density at radius 1 is 1.06 bits per heavy atom. The minimum absolute atomic E-state index is 0.454. The van der Waals surface area contributed by atoms with Crippen LogP contribution in [-0.4, -0.2) is 43.8 Å². The summed E-state index contributed by atoms with van der Waals surface area (Å²) in [4.78, 5) is 2.54. The van der Waals surface area contributed by atoms with E-state index in [9.17, 15) is 0 Å². The zero-order chi connectivity index (χ0) is 11.2. The van der Waals surface area contributed by atoms with Gasteiger partial charge in [-0.1, -0.05) is 12.8 Å². The lowest BCUT2D eigenvalue weighted by molar-refractivity contribution is 0.0152. The van der Waals surface area contributed by atoms with E-state index in [2.05, 4.69) is 4.90 Å². The molecule has 2 unspecified atom stereocenters. The summed E-state index contributed by atoms with van der Waals surface area (Å²) in [6.07, 6.45) is 8.40. The molecule has 1 saturated carbocycles. The average molecular weight is 226 g/mol. The van der Waals surface area contributed by atoms with Crippen LogP contribution in [-0.2, 0) is 4.74 Å². The summed E-state index contributed by atoms with van der Waals surface area (Å²) in [5, 5.41) is 0. The second-order valence-corrected chi connectivity index (χ2v) is 5.24. The molecule has 2 atom stereocenters. The Balaban J connectivity index is 1.59. The van der Waals surface area contributed by atoms with Gasteiger partial charge in [-0.25, -0.2) is 0 Å². The first-order chi connectivity index (χ1) is 7.90. The number of nitrogens with zero attached hydrogens (tertiary/aromatic N) is 1. The number of rotatable bonds is 5. The van der Waals surface area contributed by atoms with Crippen LogP contribution in [0.3, 0.4) is 0 Å². The van der Waals surface area contributed by atoms with Crippen LogP contribution in [0.25, 0.3) is 0 Å². The molecule has 0 aromatic heterocycles. The molecule has 1 aliphatic carbocycles. The fourth-order valence-corrected chi connectivity index (χ4v) is 3.01. The summed E-state index contributed by atoms with van der Waals surface area (Å²) in [6.45, 7) is 5.37. The maximum Gasteiger partial charge on any atom is 0.0616 e. The second-order valence-electron chi connectivity index (χ2n) is 5.24. The minimum atomic E-state index is 0.454. The second kappa shape index (κ2) is 6.58. The summed E-state index contributed by atoms with van der Waals surface area (Å²) in [6, 6.07) is 0. The smallest absolute Gasteiger partial charge is 0.0616 e. The van der Waals surface area contributed by atoms with Crippen molar-refractivity contribution >= 4 is 0 Å². The first kappa shape index (κ1) is 12.3. The van der Waals surface area contributed by atoms with Gasteiger partial charge in [0, 0.05) is 6.54 Å². The number of nitrogens with two attached hydrogens (primary N) is 1. The van der Waals surface area contributed by atoms with Gasteiger partial charge >= 0.3 is 0 Å². The Labute approximate surface area is 99.3 Å². The van der Waals surface area contributed by atoms with Crippen LogP contribution in [0, 0.1) is 5.92 Å². The Hall–Kier alpha value is -0.120. The van der Waals surface area contributed by atoms with Crippen molar-refractivity contribution in [1.82, 2.24) is 4.90 Å². The fraction of sp³-hybridized carbons (Fsp3) is 1.00. The van der Waals surface area contributed by atoms with Crippen molar-refractivity contribution in [2.75, 3.05) is 32.8 Å². The molecule has 2 rings (SSSR count). The van der Waals surface area contributed by atoms with Gasteiger partial charge in [0.15, 0.2) is 0 Å². The zero-order valence-electron chi connectivity index (χ0n) is 10.4. The summed E-state index contributed by atoms with van der Waals surface area (Å²) in [5.74, 6) is 0.626. The molecular formula is C13H26N2O. The molecular weight excluding hydrogens is 200 g/mol. The Kier molecular flexibility index (Phi) is 5.07. The van der Waals surface area contributed by atoms with E-state index < -0.39 is 0 Å². The van der Waals surface area contributed by atoms with Gasteiger partial charge in [-0.15, -0.1) is 0 Å². The molecule has 0 radical (unpaired) electrons. The van der Waals surface area contributed by atoms with E-state index >= 15 is 0 Å². The van der Waals surface area contributed by atoms with Crippen molar-refractivity contribution in [3.05, 3.63) is 0 Å². The maximum atomic E-state index is 5.99. The van der Waals surface area contributed by atoms with Crippen molar-refractivity contribution < 1.29 is 4.74 Å². The van der Waals surface area contributed by atoms with Gasteiger partial charge < -0.3 is 15.4 Å². The molecule has 2 aliphatic rings. The lowest BCUT2D eigenvalue weighted by Crippen LogP contribution is -2.34. The monoisotopic (exact) mass is 226 g/mol. The van der Waals surface area contributed by atoms with E-state index in [1.54, 1.807) is 0 Å².